The first-order valence-corrected chi connectivity index (χ1v) is 6.32. The number of aromatic nitrogens is 3. The van der Waals surface area contributed by atoms with Crippen molar-refractivity contribution in [2.45, 2.75) is 0 Å². The predicted molar refractivity (Wildman–Crippen MR) is 58.4 cm³/mol. The van der Waals surface area contributed by atoms with Crippen LogP contribution in [0.5, 0.6) is 0 Å². The lowest BCUT2D eigenvalue weighted by Gasteiger charge is -1.99. The summed E-state index contributed by atoms with van der Waals surface area (Å²) in [4.78, 5) is 14.9. The number of nitrogens with zero attached hydrogens (tertiary/aromatic N) is 3. The molecule has 0 saturated carbocycles. The molecular formula is C8H8N4O4S. The zero-order valence-corrected chi connectivity index (χ0v) is 9.47. The summed E-state index contributed by atoms with van der Waals surface area (Å²) in [5, 5.41) is 12.8. The number of rotatable bonds is 3. The molecule has 2 N–H and O–H groups in total. The van der Waals surface area contributed by atoms with E-state index >= 15 is 0 Å². The van der Waals surface area contributed by atoms with Crippen molar-refractivity contribution in [1.29, 1.82) is 0 Å². The van der Waals surface area contributed by atoms with Crippen LogP contribution in [0.25, 0.3) is 5.65 Å². The third-order valence-electron chi connectivity index (χ3n) is 1.89. The molecule has 0 radical (unpaired) electrons. The van der Waals surface area contributed by atoms with Crippen molar-refractivity contribution in [2.24, 2.45) is 0 Å². The van der Waals surface area contributed by atoms with Gasteiger partial charge < -0.3 is 5.11 Å². The number of carboxylic acid groups (broad SMARTS) is 1. The Hall–Kier alpha value is -2.16. The molecule has 90 valence electrons. The van der Waals surface area contributed by atoms with E-state index in [1.807, 2.05) is 4.72 Å². The van der Waals surface area contributed by atoms with Crippen LogP contribution in [-0.4, -0.2) is 40.3 Å². The Morgan fingerprint density at radius 1 is 1.53 bits per heavy atom. The minimum absolute atomic E-state index is 0.0751. The number of carbonyl (C=O) groups is 1. The predicted octanol–water partition coefficient (Wildman–Crippen LogP) is -0.201. The monoisotopic (exact) mass is 256 g/mol. The molecule has 8 nitrogen and oxygen atoms in total. The molecule has 2 aromatic rings. The first kappa shape index (κ1) is 11.3. The molecule has 0 spiro atoms. The molecule has 0 bridgehead atoms. The second-order valence-electron chi connectivity index (χ2n) is 3.29. The summed E-state index contributed by atoms with van der Waals surface area (Å²) in [5.41, 5.74) is -0.206. The Balaban J connectivity index is 2.70. The highest BCUT2D eigenvalue weighted by atomic mass is 32.2. The van der Waals surface area contributed by atoms with Gasteiger partial charge in [-0.2, -0.15) is 0 Å². The topological polar surface area (TPSA) is 114 Å². The van der Waals surface area contributed by atoms with Gasteiger partial charge in [0.05, 0.1) is 6.26 Å². The minimum Gasteiger partial charge on any atom is -0.477 e. The lowest BCUT2D eigenvalue weighted by atomic mass is 10.3. The molecule has 0 unspecified atom stereocenters. The molecule has 0 amide bonds. The third-order valence-corrected chi connectivity index (χ3v) is 2.46. The van der Waals surface area contributed by atoms with Gasteiger partial charge in [-0.3, -0.25) is 4.72 Å². The van der Waals surface area contributed by atoms with Gasteiger partial charge in [-0.15, -0.1) is 5.10 Å². The molecular weight excluding hydrogens is 248 g/mol. The van der Waals surface area contributed by atoms with Crippen molar-refractivity contribution in [2.75, 3.05) is 11.0 Å². The molecule has 17 heavy (non-hydrogen) atoms. The first-order valence-electron chi connectivity index (χ1n) is 4.43. The van der Waals surface area contributed by atoms with Crippen LogP contribution in [0.4, 0.5) is 5.82 Å². The SMILES string of the molecule is CS(=O)(=O)Nc1nn2cccnc2c1C(=O)O. The smallest absolute Gasteiger partial charge is 0.343 e. The Kier molecular flexibility index (Phi) is 2.46. The highest BCUT2D eigenvalue weighted by Gasteiger charge is 2.22. The summed E-state index contributed by atoms with van der Waals surface area (Å²) in [6, 6.07) is 1.55. The normalized spacial score (nSPS) is 11.6. The Bertz CT molecular complexity index is 691. The van der Waals surface area contributed by atoms with E-state index in [9.17, 15) is 13.2 Å². The van der Waals surface area contributed by atoms with Crippen LogP contribution >= 0.6 is 0 Å². The van der Waals surface area contributed by atoms with E-state index in [1.54, 1.807) is 6.07 Å². The lowest BCUT2D eigenvalue weighted by molar-refractivity contribution is 0.0700. The maximum absolute atomic E-state index is 11.1. The average Bonchev–Trinajstić information content (AvgIpc) is 2.51. The van der Waals surface area contributed by atoms with Gasteiger partial charge in [0, 0.05) is 12.4 Å². The maximum atomic E-state index is 11.1. The summed E-state index contributed by atoms with van der Waals surface area (Å²) in [5.74, 6) is -1.55. The Labute approximate surface area is 96.0 Å². The highest BCUT2D eigenvalue weighted by molar-refractivity contribution is 7.92. The van der Waals surface area contributed by atoms with Crippen LogP contribution in [0.2, 0.25) is 0 Å². The molecule has 0 aromatic carbocycles. The van der Waals surface area contributed by atoms with Gasteiger partial charge in [-0.25, -0.2) is 22.7 Å². The number of hydrogen-bond donors (Lipinski definition) is 2. The largest absolute Gasteiger partial charge is 0.477 e. The van der Waals surface area contributed by atoms with Gasteiger partial charge in [-0.1, -0.05) is 0 Å². The van der Waals surface area contributed by atoms with E-state index in [0.717, 1.165) is 6.26 Å². The highest BCUT2D eigenvalue weighted by Crippen LogP contribution is 2.19. The molecule has 0 atom stereocenters. The molecule has 0 fully saturated rings. The number of carboxylic acids is 1. The second-order valence-corrected chi connectivity index (χ2v) is 5.04. The standard InChI is InChI=1S/C8H8N4O4S/c1-17(15,16)11-6-5(8(13)14)7-9-3-2-4-12(7)10-6/h2-4H,1H3,(H,10,11)(H,13,14). The third kappa shape index (κ3) is 2.18. The molecule has 0 aliphatic carbocycles. The first-order chi connectivity index (χ1) is 7.88. The molecule has 2 aromatic heterocycles. The summed E-state index contributed by atoms with van der Waals surface area (Å²) in [7, 11) is -3.60. The van der Waals surface area contributed by atoms with Crippen molar-refractivity contribution >= 4 is 27.5 Å². The molecule has 0 aliphatic rings. The van der Waals surface area contributed by atoms with E-state index in [4.69, 9.17) is 5.11 Å². The Morgan fingerprint density at radius 2 is 2.24 bits per heavy atom. The van der Waals surface area contributed by atoms with Crippen LogP contribution in [0.15, 0.2) is 18.5 Å². The zero-order chi connectivity index (χ0) is 12.6. The summed E-state index contributed by atoms with van der Waals surface area (Å²) in [6.07, 6.45) is 3.78. The van der Waals surface area contributed by atoms with Gasteiger partial charge in [0.15, 0.2) is 11.5 Å². The van der Waals surface area contributed by atoms with Gasteiger partial charge >= 0.3 is 5.97 Å². The average molecular weight is 256 g/mol. The number of sulfonamides is 1. The Morgan fingerprint density at radius 3 is 2.82 bits per heavy atom. The van der Waals surface area contributed by atoms with Crippen LogP contribution < -0.4 is 4.72 Å². The van der Waals surface area contributed by atoms with E-state index in [2.05, 4.69) is 10.1 Å². The molecule has 0 aliphatic heterocycles. The van der Waals surface area contributed by atoms with Gasteiger partial charge in [0.2, 0.25) is 10.0 Å². The van der Waals surface area contributed by atoms with Crippen LogP contribution in [0.1, 0.15) is 10.4 Å². The minimum atomic E-state index is -3.60. The van der Waals surface area contributed by atoms with Crippen molar-refractivity contribution in [3.63, 3.8) is 0 Å². The van der Waals surface area contributed by atoms with E-state index in [1.165, 1.54) is 16.9 Å². The number of anilines is 1. The number of nitrogens with one attached hydrogen (secondary N) is 1. The number of hydrogen-bond acceptors (Lipinski definition) is 5. The van der Waals surface area contributed by atoms with Crippen LogP contribution in [0, 0.1) is 0 Å². The van der Waals surface area contributed by atoms with Crippen molar-refractivity contribution in [3.05, 3.63) is 24.0 Å². The summed E-state index contributed by atoms with van der Waals surface area (Å²) >= 11 is 0. The van der Waals surface area contributed by atoms with Crippen LogP contribution in [-0.2, 0) is 10.0 Å². The second kappa shape index (κ2) is 3.70. The van der Waals surface area contributed by atoms with E-state index < -0.39 is 16.0 Å². The lowest BCUT2D eigenvalue weighted by Crippen LogP contribution is -2.12. The fraction of sp³-hybridized carbons (Fsp3) is 0.125. The summed E-state index contributed by atoms with van der Waals surface area (Å²) in [6.45, 7) is 0. The quantitative estimate of drug-likeness (QED) is 0.786. The van der Waals surface area contributed by atoms with Crippen molar-refractivity contribution in [1.82, 2.24) is 14.6 Å². The van der Waals surface area contributed by atoms with Gasteiger partial charge in [-0.05, 0) is 6.07 Å². The van der Waals surface area contributed by atoms with E-state index in [0.29, 0.717) is 0 Å². The number of aromatic carboxylic acids is 1. The fourth-order valence-corrected chi connectivity index (χ4v) is 1.82. The summed E-state index contributed by atoms with van der Waals surface area (Å²) < 4.78 is 25.4. The van der Waals surface area contributed by atoms with Crippen molar-refractivity contribution in [3.8, 4) is 0 Å². The van der Waals surface area contributed by atoms with Gasteiger partial charge in [0.1, 0.15) is 5.56 Å². The molecule has 2 heterocycles. The van der Waals surface area contributed by atoms with Crippen LogP contribution in [0.3, 0.4) is 0 Å². The van der Waals surface area contributed by atoms with Gasteiger partial charge in [0.25, 0.3) is 0 Å². The van der Waals surface area contributed by atoms with Crippen molar-refractivity contribution < 1.29 is 18.3 Å². The molecule has 0 saturated heterocycles. The molecule has 9 heteroatoms. The maximum Gasteiger partial charge on any atom is 0.343 e. The zero-order valence-electron chi connectivity index (χ0n) is 8.65. The fourth-order valence-electron chi connectivity index (χ4n) is 1.33. The van der Waals surface area contributed by atoms with E-state index in [-0.39, 0.29) is 17.0 Å². The molecule has 2 rings (SSSR count). The number of fused-ring (bicyclic) bond motifs is 1.